The molecule has 0 aliphatic carbocycles. The number of benzene rings is 3. The molecule has 1 heterocycles. The Bertz CT molecular complexity index is 1320. The maximum absolute atomic E-state index is 13.5. The van der Waals surface area contributed by atoms with E-state index in [2.05, 4.69) is 5.10 Å². The SMILES string of the molecule is NCc1ccc(-n2ncc(-c3ccc(CS(=O)O)cc3)c(-c3ccc(F)cc3)c2=O)cc1. The Morgan fingerprint density at radius 3 is 2.09 bits per heavy atom. The highest BCUT2D eigenvalue weighted by molar-refractivity contribution is 7.78. The van der Waals surface area contributed by atoms with E-state index in [4.69, 9.17) is 10.3 Å². The number of nitrogens with two attached hydrogens (primary N) is 1. The molecule has 0 radical (unpaired) electrons. The summed E-state index contributed by atoms with van der Waals surface area (Å²) in [6, 6.07) is 19.9. The molecular formula is C24H20FN3O3S. The minimum absolute atomic E-state index is 0.0176. The molecule has 0 amide bonds. The largest absolute Gasteiger partial charge is 0.326 e. The number of hydrogen-bond donors (Lipinski definition) is 2. The summed E-state index contributed by atoms with van der Waals surface area (Å²) in [4.78, 5) is 13.5. The predicted molar refractivity (Wildman–Crippen MR) is 123 cm³/mol. The molecular weight excluding hydrogens is 429 g/mol. The molecule has 3 N–H and O–H groups in total. The van der Waals surface area contributed by atoms with E-state index in [1.807, 2.05) is 12.1 Å². The zero-order valence-corrected chi connectivity index (χ0v) is 17.8. The summed E-state index contributed by atoms with van der Waals surface area (Å²) in [7, 11) is 0. The summed E-state index contributed by atoms with van der Waals surface area (Å²) in [6.45, 7) is 0.391. The summed E-state index contributed by atoms with van der Waals surface area (Å²) < 4.78 is 35.0. The van der Waals surface area contributed by atoms with Gasteiger partial charge in [0.05, 0.1) is 23.2 Å². The Morgan fingerprint density at radius 1 is 0.906 bits per heavy atom. The van der Waals surface area contributed by atoms with Crippen LogP contribution in [0.4, 0.5) is 4.39 Å². The molecule has 1 atom stereocenters. The van der Waals surface area contributed by atoms with Crippen LogP contribution < -0.4 is 11.3 Å². The first-order chi connectivity index (χ1) is 15.5. The van der Waals surface area contributed by atoms with E-state index in [0.717, 1.165) is 5.56 Å². The first-order valence-electron chi connectivity index (χ1n) is 9.80. The molecule has 0 fully saturated rings. The van der Waals surface area contributed by atoms with Gasteiger partial charge in [0.2, 0.25) is 0 Å². The molecule has 0 aliphatic rings. The van der Waals surface area contributed by atoms with Gasteiger partial charge in [0.1, 0.15) is 5.82 Å². The van der Waals surface area contributed by atoms with Crippen LogP contribution in [-0.4, -0.2) is 18.5 Å². The summed E-state index contributed by atoms with van der Waals surface area (Å²) in [5.74, 6) is -0.382. The summed E-state index contributed by atoms with van der Waals surface area (Å²) in [6.07, 6.45) is 1.59. The van der Waals surface area contributed by atoms with Crippen molar-refractivity contribution >= 4 is 11.1 Å². The van der Waals surface area contributed by atoms with E-state index >= 15 is 0 Å². The Kier molecular flexibility index (Phi) is 6.36. The molecule has 162 valence electrons. The Balaban J connectivity index is 1.88. The molecule has 0 saturated heterocycles. The zero-order valence-electron chi connectivity index (χ0n) is 16.9. The van der Waals surface area contributed by atoms with Crippen molar-refractivity contribution in [1.29, 1.82) is 0 Å². The van der Waals surface area contributed by atoms with Gasteiger partial charge in [-0.3, -0.25) is 4.79 Å². The smallest absolute Gasteiger partial charge is 0.279 e. The summed E-state index contributed by atoms with van der Waals surface area (Å²) in [5, 5.41) is 4.37. The Hall–Kier alpha value is -3.46. The van der Waals surface area contributed by atoms with Gasteiger partial charge in [-0.15, -0.1) is 0 Å². The zero-order chi connectivity index (χ0) is 22.7. The second-order valence-electron chi connectivity index (χ2n) is 7.19. The van der Waals surface area contributed by atoms with Crippen LogP contribution in [0.25, 0.3) is 27.9 Å². The fourth-order valence-electron chi connectivity index (χ4n) is 3.45. The lowest BCUT2D eigenvalue weighted by Crippen LogP contribution is -2.23. The van der Waals surface area contributed by atoms with Gasteiger partial charge in [0.25, 0.3) is 5.56 Å². The van der Waals surface area contributed by atoms with Gasteiger partial charge in [-0.05, 0) is 46.5 Å². The molecule has 1 aromatic heterocycles. The van der Waals surface area contributed by atoms with Gasteiger partial charge < -0.3 is 10.3 Å². The predicted octanol–water partition coefficient (Wildman–Crippen LogP) is 3.89. The molecule has 6 nitrogen and oxygen atoms in total. The van der Waals surface area contributed by atoms with Crippen molar-refractivity contribution < 1.29 is 13.2 Å². The van der Waals surface area contributed by atoms with Gasteiger partial charge in [-0.2, -0.15) is 9.78 Å². The van der Waals surface area contributed by atoms with Crippen LogP contribution in [0.1, 0.15) is 11.1 Å². The molecule has 0 spiro atoms. The Morgan fingerprint density at radius 2 is 1.50 bits per heavy atom. The molecule has 0 saturated carbocycles. The third kappa shape index (κ3) is 4.57. The molecule has 1 unspecified atom stereocenters. The van der Waals surface area contributed by atoms with Crippen LogP contribution >= 0.6 is 0 Å². The number of nitrogens with zero attached hydrogens (tertiary/aromatic N) is 2. The van der Waals surface area contributed by atoms with Crippen LogP contribution in [0, 0.1) is 5.82 Å². The van der Waals surface area contributed by atoms with E-state index in [0.29, 0.717) is 40.0 Å². The summed E-state index contributed by atoms with van der Waals surface area (Å²) >= 11 is -1.94. The third-order valence-electron chi connectivity index (χ3n) is 5.08. The fourth-order valence-corrected chi connectivity index (χ4v) is 3.93. The minimum Gasteiger partial charge on any atom is -0.326 e. The van der Waals surface area contributed by atoms with Gasteiger partial charge in [-0.1, -0.05) is 48.5 Å². The monoisotopic (exact) mass is 449 g/mol. The number of hydrogen-bond acceptors (Lipinski definition) is 4. The number of rotatable bonds is 6. The normalized spacial score (nSPS) is 12.0. The highest BCUT2D eigenvalue weighted by atomic mass is 32.2. The highest BCUT2D eigenvalue weighted by Gasteiger charge is 2.16. The molecule has 4 rings (SSSR count). The van der Waals surface area contributed by atoms with Crippen molar-refractivity contribution in [3.05, 3.63) is 106 Å². The number of halogens is 1. The van der Waals surface area contributed by atoms with Crippen molar-refractivity contribution in [2.45, 2.75) is 12.3 Å². The highest BCUT2D eigenvalue weighted by Crippen LogP contribution is 2.29. The standard InChI is InChI=1S/C24H20FN3O3S/c25-20-9-7-19(8-10-20)23-22(18-5-1-17(2-6-18)15-32(30)31)14-27-28(24(23)29)21-11-3-16(13-26)4-12-21/h1-12,14H,13,15,26H2,(H,30,31). The maximum atomic E-state index is 13.5. The van der Waals surface area contributed by atoms with Crippen LogP contribution in [0.15, 0.2) is 83.8 Å². The van der Waals surface area contributed by atoms with Crippen LogP contribution in [-0.2, 0) is 23.4 Å². The van der Waals surface area contributed by atoms with Crippen LogP contribution in [0.2, 0.25) is 0 Å². The molecule has 0 bridgehead atoms. The lowest BCUT2D eigenvalue weighted by molar-refractivity contribution is 0.563. The average molecular weight is 450 g/mol. The van der Waals surface area contributed by atoms with E-state index in [1.54, 1.807) is 54.7 Å². The maximum Gasteiger partial charge on any atom is 0.279 e. The van der Waals surface area contributed by atoms with Gasteiger partial charge in [0.15, 0.2) is 11.1 Å². The first kappa shape index (κ1) is 21.8. The second-order valence-corrected chi connectivity index (χ2v) is 8.12. The quantitative estimate of drug-likeness (QED) is 0.435. The van der Waals surface area contributed by atoms with Crippen molar-refractivity contribution in [3.63, 3.8) is 0 Å². The van der Waals surface area contributed by atoms with Crippen LogP contribution in [0.3, 0.4) is 0 Å². The average Bonchev–Trinajstić information content (AvgIpc) is 2.80. The lowest BCUT2D eigenvalue weighted by atomic mass is 9.96. The Labute approximate surface area is 186 Å². The van der Waals surface area contributed by atoms with E-state index in [9.17, 15) is 13.4 Å². The minimum atomic E-state index is -1.94. The molecule has 8 heteroatoms. The topological polar surface area (TPSA) is 98.2 Å². The number of aromatic nitrogens is 2. The fraction of sp³-hybridized carbons (Fsp3) is 0.0833. The van der Waals surface area contributed by atoms with Gasteiger partial charge >= 0.3 is 0 Å². The van der Waals surface area contributed by atoms with E-state index in [-0.39, 0.29) is 11.3 Å². The second kappa shape index (κ2) is 9.35. The molecule has 4 aromatic rings. The first-order valence-corrected chi connectivity index (χ1v) is 11.1. The van der Waals surface area contributed by atoms with E-state index in [1.165, 1.54) is 16.8 Å². The molecule has 32 heavy (non-hydrogen) atoms. The third-order valence-corrected chi connectivity index (χ3v) is 5.66. The van der Waals surface area contributed by atoms with Crippen molar-refractivity contribution in [2.24, 2.45) is 5.73 Å². The van der Waals surface area contributed by atoms with Crippen molar-refractivity contribution in [3.8, 4) is 27.9 Å². The van der Waals surface area contributed by atoms with E-state index < -0.39 is 16.9 Å². The molecule has 3 aromatic carbocycles. The van der Waals surface area contributed by atoms with Gasteiger partial charge in [0, 0.05) is 12.1 Å². The van der Waals surface area contributed by atoms with Gasteiger partial charge in [-0.25, -0.2) is 8.60 Å². The van der Waals surface area contributed by atoms with Crippen molar-refractivity contribution in [1.82, 2.24) is 9.78 Å². The summed E-state index contributed by atoms with van der Waals surface area (Å²) in [5.41, 5.74) is 9.74. The van der Waals surface area contributed by atoms with Crippen molar-refractivity contribution in [2.75, 3.05) is 0 Å². The lowest BCUT2D eigenvalue weighted by Gasteiger charge is -2.13. The van der Waals surface area contributed by atoms with Crippen LogP contribution in [0.5, 0.6) is 0 Å². The molecule has 0 aliphatic heterocycles.